The van der Waals surface area contributed by atoms with Crippen molar-refractivity contribution in [2.24, 2.45) is 0 Å². The molecule has 6 nitrogen and oxygen atoms in total. The van der Waals surface area contributed by atoms with Crippen molar-refractivity contribution in [3.63, 3.8) is 0 Å². The minimum Gasteiger partial charge on any atom is -0.379 e. The lowest BCUT2D eigenvalue weighted by Crippen LogP contribution is -2.30. The van der Waals surface area contributed by atoms with Crippen molar-refractivity contribution in [1.29, 1.82) is 0 Å². The summed E-state index contributed by atoms with van der Waals surface area (Å²) in [6, 6.07) is 0. The Labute approximate surface area is 294 Å². The van der Waals surface area contributed by atoms with Crippen LogP contribution in [0, 0.1) is 0 Å². The van der Waals surface area contributed by atoms with Gasteiger partial charge in [0.2, 0.25) is 0 Å². The number of phosphoric ester groups is 1. The van der Waals surface area contributed by atoms with Crippen LogP contribution in [0.25, 0.3) is 0 Å². The quantitative estimate of drug-likeness (QED) is 0.0504. The lowest BCUT2D eigenvalue weighted by Gasteiger charge is -2.12. The largest absolute Gasteiger partial charge is 0.472 e. The number of morpholine rings is 1. The first-order chi connectivity index (χ1) is 23.1. The third-order valence-electron chi connectivity index (χ3n) is 9.35. The van der Waals surface area contributed by atoms with Gasteiger partial charge in [-0.1, -0.05) is 206 Å². The molecule has 1 aliphatic rings. The lowest BCUT2D eigenvalue weighted by molar-refractivity contribution is 0.109. The maximum absolute atomic E-state index is 12.0. The predicted molar refractivity (Wildman–Crippen MR) is 205 cm³/mol. The molecule has 284 valence electrons. The van der Waals surface area contributed by atoms with Crippen molar-refractivity contribution in [3.05, 3.63) is 0 Å². The Morgan fingerprint density at radius 2 is 0.681 bits per heavy atom. The van der Waals surface area contributed by atoms with Crippen LogP contribution in [0.4, 0.5) is 0 Å². The van der Waals surface area contributed by atoms with E-state index >= 15 is 0 Å². The zero-order valence-electron chi connectivity index (χ0n) is 31.9. The Hall–Kier alpha value is 0.0300. The average Bonchev–Trinajstić information content (AvgIpc) is 3.08. The Morgan fingerprint density at radius 3 is 0.872 bits per heavy atom. The number of unbranched alkanes of at least 4 members (excludes halogenated alkanes) is 30. The highest BCUT2D eigenvalue weighted by atomic mass is 31.2. The minimum absolute atomic E-state index is 0.325. The second-order valence-electron chi connectivity index (χ2n) is 14.1. The fourth-order valence-electron chi connectivity index (χ4n) is 6.21. The van der Waals surface area contributed by atoms with Crippen LogP contribution < -0.4 is 5.32 Å². The molecule has 0 aromatic heterocycles. The second kappa shape index (κ2) is 40.5. The molecule has 1 fully saturated rings. The summed E-state index contributed by atoms with van der Waals surface area (Å²) < 4.78 is 27.4. The summed E-state index contributed by atoms with van der Waals surface area (Å²) in [6.07, 6.45) is 42.2. The second-order valence-corrected chi connectivity index (χ2v) is 15.6. The zero-order valence-corrected chi connectivity index (χ0v) is 32.8. The molecule has 0 atom stereocenters. The Morgan fingerprint density at radius 1 is 0.447 bits per heavy atom. The van der Waals surface area contributed by atoms with E-state index in [4.69, 9.17) is 13.8 Å². The monoisotopic (exact) mass is 690 g/mol. The maximum Gasteiger partial charge on any atom is 0.472 e. The first-order valence-corrected chi connectivity index (χ1v) is 22.5. The number of phosphoric acid groups is 1. The van der Waals surface area contributed by atoms with Gasteiger partial charge in [-0.3, -0.25) is 9.05 Å². The lowest BCUT2D eigenvalue weighted by atomic mass is 10.0. The summed E-state index contributed by atoms with van der Waals surface area (Å²) >= 11 is 0. The van der Waals surface area contributed by atoms with Crippen LogP contribution >= 0.6 is 7.82 Å². The van der Waals surface area contributed by atoms with Gasteiger partial charge in [0.05, 0.1) is 26.4 Å². The predicted octanol–water partition coefficient (Wildman–Crippen LogP) is 13.2. The summed E-state index contributed by atoms with van der Waals surface area (Å²) in [4.78, 5) is 9.88. The van der Waals surface area contributed by atoms with Crippen LogP contribution in [0.1, 0.15) is 219 Å². The number of nitrogens with one attached hydrogen (secondary N) is 1. The van der Waals surface area contributed by atoms with Crippen LogP contribution in [0.15, 0.2) is 0 Å². The molecule has 0 saturated carbocycles. The van der Waals surface area contributed by atoms with Gasteiger partial charge in [0.1, 0.15) is 0 Å². The maximum atomic E-state index is 12.0. The molecular weight excluding hydrogens is 605 g/mol. The molecule has 0 unspecified atom stereocenters. The van der Waals surface area contributed by atoms with Crippen LogP contribution in [0.2, 0.25) is 0 Å². The van der Waals surface area contributed by atoms with Gasteiger partial charge >= 0.3 is 7.82 Å². The summed E-state index contributed by atoms with van der Waals surface area (Å²) in [5.41, 5.74) is 0. The molecule has 0 aliphatic carbocycles. The summed E-state index contributed by atoms with van der Waals surface area (Å²) in [7, 11) is -3.87. The standard InChI is InChI=1S/C36H75O4P.C4H9NO/c1-3-5-7-9-11-13-15-17-19-21-23-25-27-29-31-33-35-39-41(37,38)40-36-34-32-30-28-26-24-22-20-18-16-14-12-10-8-6-4-2;1-3-6-4-2-5-1/h3-36H2,1-2H3,(H,37,38);5H,1-4H2. The van der Waals surface area contributed by atoms with Gasteiger partial charge < -0.3 is 14.9 Å². The van der Waals surface area contributed by atoms with E-state index in [1.54, 1.807) is 0 Å². The van der Waals surface area contributed by atoms with E-state index in [-0.39, 0.29) is 0 Å². The van der Waals surface area contributed by atoms with E-state index in [0.29, 0.717) is 13.2 Å². The molecule has 0 spiro atoms. The molecule has 2 N–H and O–H groups in total. The van der Waals surface area contributed by atoms with Crippen LogP contribution in [0.3, 0.4) is 0 Å². The molecule has 47 heavy (non-hydrogen) atoms. The van der Waals surface area contributed by atoms with Gasteiger partial charge in [-0.05, 0) is 12.8 Å². The number of hydrogen-bond acceptors (Lipinski definition) is 5. The number of ether oxygens (including phenoxy) is 1. The van der Waals surface area contributed by atoms with Gasteiger partial charge in [0.15, 0.2) is 0 Å². The molecule has 1 saturated heterocycles. The van der Waals surface area contributed by atoms with Crippen LogP contribution in [0.5, 0.6) is 0 Å². The van der Waals surface area contributed by atoms with Crippen molar-refractivity contribution in [2.45, 2.75) is 219 Å². The van der Waals surface area contributed by atoms with Crippen molar-refractivity contribution in [1.82, 2.24) is 5.32 Å². The summed E-state index contributed by atoms with van der Waals surface area (Å²) in [5, 5.41) is 3.16. The third kappa shape index (κ3) is 42.1. The average molecular weight is 690 g/mol. The van der Waals surface area contributed by atoms with Gasteiger partial charge in [0, 0.05) is 13.1 Å². The Bertz CT molecular complexity index is 566. The summed E-state index contributed by atoms with van der Waals surface area (Å²) in [6.45, 7) is 9.04. The topological polar surface area (TPSA) is 77.0 Å². The van der Waals surface area contributed by atoms with Crippen molar-refractivity contribution >= 4 is 7.82 Å². The highest BCUT2D eigenvalue weighted by molar-refractivity contribution is 7.47. The van der Waals surface area contributed by atoms with E-state index in [0.717, 1.165) is 52.0 Å². The van der Waals surface area contributed by atoms with Crippen molar-refractivity contribution in [2.75, 3.05) is 39.5 Å². The normalized spacial score (nSPS) is 13.5. The molecule has 7 heteroatoms. The van der Waals surface area contributed by atoms with Crippen LogP contribution in [-0.2, 0) is 18.3 Å². The first-order valence-electron chi connectivity index (χ1n) is 21.0. The van der Waals surface area contributed by atoms with Crippen LogP contribution in [-0.4, -0.2) is 44.4 Å². The number of hydrogen-bond donors (Lipinski definition) is 2. The molecule has 0 amide bonds. The Balaban J connectivity index is 0.00000313. The minimum atomic E-state index is -3.87. The van der Waals surface area contributed by atoms with Gasteiger partial charge in [-0.15, -0.1) is 0 Å². The third-order valence-corrected chi connectivity index (χ3v) is 10.4. The molecule has 0 aromatic rings. The SMILES string of the molecule is C1COCCN1.CCCCCCCCCCCCCCCCCCOP(=O)(O)OCCCCCCCCCCCCCCCCCC. The summed E-state index contributed by atoms with van der Waals surface area (Å²) in [5.74, 6) is 0. The van der Waals surface area contributed by atoms with Gasteiger partial charge in [-0.2, -0.15) is 0 Å². The van der Waals surface area contributed by atoms with E-state index < -0.39 is 7.82 Å². The fraction of sp³-hybridized carbons (Fsp3) is 1.00. The molecule has 1 heterocycles. The molecule has 0 aromatic carbocycles. The van der Waals surface area contributed by atoms with Gasteiger partial charge in [0.25, 0.3) is 0 Å². The van der Waals surface area contributed by atoms with Crippen molar-refractivity contribution in [3.8, 4) is 0 Å². The highest BCUT2D eigenvalue weighted by Crippen LogP contribution is 2.43. The Kier molecular flexibility index (Phi) is 40.5. The molecule has 1 rings (SSSR count). The molecular formula is C40H84NO5P. The van der Waals surface area contributed by atoms with E-state index in [1.807, 2.05) is 0 Å². The molecule has 0 bridgehead atoms. The van der Waals surface area contributed by atoms with Crippen molar-refractivity contribution < 1.29 is 23.2 Å². The fourth-order valence-corrected chi connectivity index (χ4v) is 7.01. The highest BCUT2D eigenvalue weighted by Gasteiger charge is 2.19. The molecule has 1 aliphatic heterocycles. The zero-order chi connectivity index (χ0) is 34.2. The first kappa shape index (κ1) is 47.0. The smallest absolute Gasteiger partial charge is 0.379 e. The van der Waals surface area contributed by atoms with E-state index in [1.165, 1.54) is 180 Å². The van der Waals surface area contributed by atoms with E-state index in [9.17, 15) is 9.46 Å². The van der Waals surface area contributed by atoms with E-state index in [2.05, 4.69) is 19.2 Å². The number of rotatable bonds is 36. The van der Waals surface area contributed by atoms with Gasteiger partial charge in [-0.25, -0.2) is 4.57 Å². The molecule has 0 radical (unpaired) electrons.